The molecule has 0 fully saturated rings. The number of hydrogen-bond acceptors (Lipinski definition) is 2. The maximum Gasteiger partial charge on any atom is 0.123 e. The number of nitrogens with zero attached hydrogens (tertiary/aromatic N) is 1. The minimum Gasteiger partial charge on any atom is -0.384 e. The first-order chi connectivity index (χ1) is 8.99. The van der Waals surface area contributed by atoms with Crippen LogP contribution in [0.25, 0.3) is 0 Å². The summed E-state index contributed by atoms with van der Waals surface area (Å²) in [7, 11) is 1.84. The molecule has 0 amide bonds. The third-order valence-electron chi connectivity index (χ3n) is 2.83. The predicted molar refractivity (Wildman–Crippen MR) is 76.9 cm³/mol. The number of amidine groups is 1. The number of anilines is 2. The molecule has 5 heteroatoms. The van der Waals surface area contributed by atoms with E-state index in [1.165, 1.54) is 12.1 Å². The van der Waals surface area contributed by atoms with Crippen LogP contribution in [0.2, 0.25) is 5.02 Å². The van der Waals surface area contributed by atoms with Crippen molar-refractivity contribution in [3.05, 3.63) is 58.9 Å². The van der Waals surface area contributed by atoms with Crippen LogP contribution in [-0.2, 0) is 0 Å². The molecule has 3 nitrogen and oxygen atoms in total. The minimum atomic E-state index is -0.282. The van der Waals surface area contributed by atoms with E-state index in [2.05, 4.69) is 0 Å². The summed E-state index contributed by atoms with van der Waals surface area (Å²) in [6.45, 7) is 0. The topological polar surface area (TPSA) is 53.1 Å². The van der Waals surface area contributed by atoms with Gasteiger partial charge in [0.1, 0.15) is 11.7 Å². The van der Waals surface area contributed by atoms with Crippen LogP contribution >= 0.6 is 11.6 Å². The zero-order valence-electron chi connectivity index (χ0n) is 10.3. The lowest BCUT2D eigenvalue weighted by Gasteiger charge is -2.21. The summed E-state index contributed by atoms with van der Waals surface area (Å²) >= 11 is 6.18. The average molecular weight is 278 g/mol. The molecule has 2 aromatic rings. The maximum absolute atomic E-state index is 12.9. The lowest BCUT2D eigenvalue weighted by molar-refractivity contribution is 0.628. The Hall–Kier alpha value is -2.07. The van der Waals surface area contributed by atoms with Crippen molar-refractivity contribution < 1.29 is 4.39 Å². The molecule has 0 unspecified atom stereocenters. The highest BCUT2D eigenvalue weighted by Gasteiger charge is 2.10. The summed E-state index contributed by atoms with van der Waals surface area (Å²) in [4.78, 5) is 1.84. The number of nitrogens with one attached hydrogen (secondary N) is 1. The highest BCUT2D eigenvalue weighted by molar-refractivity contribution is 6.33. The third-order valence-corrected chi connectivity index (χ3v) is 3.14. The monoisotopic (exact) mass is 277 g/mol. The fourth-order valence-corrected chi connectivity index (χ4v) is 2.06. The van der Waals surface area contributed by atoms with E-state index in [1.807, 2.05) is 11.9 Å². The fraction of sp³-hybridized carbons (Fsp3) is 0.0714. The summed E-state index contributed by atoms with van der Waals surface area (Å²) in [5.74, 6) is -0.312. The van der Waals surface area contributed by atoms with Crippen LogP contribution in [0, 0.1) is 11.2 Å². The van der Waals surface area contributed by atoms with Crippen molar-refractivity contribution in [2.75, 3.05) is 11.9 Å². The molecule has 0 spiro atoms. The van der Waals surface area contributed by atoms with Crippen molar-refractivity contribution in [1.82, 2.24) is 0 Å². The Balaban J connectivity index is 2.36. The molecule has 19 heavy (non-hydrogen) atoms. The van der Waals surface area contributed by atoms with Gasteiger partial charge >= 0.3 is 0 Å². The van der Waals surface area contributed by atoms with Crippen molar-refractivity contribution in [2.24, 2.45) is 5.73 Å². The van der Waals surface area contributed by atoms with Gasteiger partial charge in [-0.25, -0.2) is 4.39 Å². The molecule has 2 aromatic carbocycles. The van der Waals surface area contributed by atoms with Crippen LogP contribution in [0.4, 0.5) is 15.8 Å². The molecule has 0 heterocycles. The SMILES string of the molecule is CN(c1ccc(F)cc1)c1ccc(C(=N)N)cc1Cl. The van der Waals surface area contributed by atoms with E-state index in [1.54, 1.807) is 30.3 Å². The molecule has 0 aliphatic heterocycles. The van der Waals surface area contributed by atoms with Crippen molar-refractivity contribution in [1.29, 1.82) is 5.41 Å². The molecular weight excluding hydrogens is 265 g/mol. The molecule has 98 valence electrons. The Morgan fingerprint density at radius 1 is 1.21 bits per heavy atom. The third kappa shape index (κ3) is 2.85. The quantitative estimate of drug-likeness (QED) is 0.666. The zero-order valence-corrected chi connectivity index (χ0v) is 11.1. The fourth-order valence-electron chi connectivity index (χ4n) is 1.75. The van der Waals surface area contributed by atoms with Crippen molar-refractivity contribution in [2.45, 2.75) is 0 Å². The van der Waals surface area contributed by atoms with E-state index in [4.69, 9.17) is 22.7 Å². The molecule has 0 saturated carbocycles. The maximum atomic E-state index is 12.9. The molecule has 0 aliphatic rings. The van der Waals surface area contributed by atoms with Gasteiger partial charge in [0, 0.05) is 18.3 Å². The Morgan fingerprint density at radius 3 is 2.37 bits per heavy atom. The van der Waals surface area contributed by atoms with E-state index >= 15 is 0 Å². The van der Waals surface area contributed by atoms with Gasteiger partial charge in [-0.1, -0.05) is 11.6 Å². The van der Waals surface area contributed by atoms with Crippen LogP contribution < -0.4 is 10.6 Å². The largest absolute Gasteiger partial charge is 0.384 e. The van der Waals surface area contributed by atoms with E-state index in [9.17, 15) is 4.39 Å². The number of halogens is 2. The number of rotatable bonds is 3. The van der Waals surface area contributed by atoms with Gasteiger partial charge in [0.2, 0.25) is 0 Å². The first-order valence-electron chi connectivity index (χ1n) is 5.62. The van der Waals surface area contributed by atoms with E-state index in [0.29, 0.717) is 10.6 Å². The Kier molecular flexibility index (Phi) is 3.71. The van der Waals surface area contributed by atoms with E-state index in [-0.39, 0.29) is 11.7 Å². The second-order valence-corrected chi connectivity index (χ2v) is 4.52. The van der Waals surface area contributed by atoms with Gasteiger partial charge in [-0.2, -0.15) is 0 Å². The highest BCUT2D eigenvalue weighted by atomic mass is 35.5. The number of benzene rings is 2. The summed E-state index contributed by atoms with van der Waals surface area (Å²) < 4.78 is 12.9. The normalized spacial score (nSPS) is 10.3. The molecule has 0 radical (unpaired) electrons. The highest BCUT2D eigenvalue weighted by Crippen LogP contribution is 2.31. The van der Waals surface area contributed by atoms with Gasteiger partial charge in [0.15, 0.2) is 0 Å². The van der Waals surface area contributed by atoms with Crippen LogP contribution in [0.1, 0.15) is 5.56 Å². The summed E-state index contributed by atoms with van der Waals surface area (Å²) in [6.07, 6.45) is 0. The zero-order chi connectivity index (χ0) is 14.0. The predicted octanol–water partition coefficient (Wildman–Crippen LogP) is 3.53. The average Bonchev–Trinajstić information content (AvgIpc) is 2.38. The molecule has 0 aromatic heterocycles. The second kappa shape index (κ2) is 5.28. The summed E-state index contributed by atoms with van der Waals surface area (Å²) in [5.41, 5.74) is 7.56. The van der Waals surface area contributed by atoms with Gasteiger partial charge in [-0.15, -0.1) is 0 Å². The standard InChI is InChI=1S/C14H13ClFN3/c1-19(11-5-3-10(16)4-6-11)13-7-2-9(14(17)18)8-12(13)15/h2-8H,1H3,(H3,17,18). The van der Waals surface area contributed by atoms with Crippen LogP contribution in [-0.4, -0.2) is 12.9 Å². The van der Waals surface area contributed by atoms with E-state index in [0.717, 1.165) is 11.4 Å². The first-order valence-corrected chi connectivity index (χ1v) is 6.00. The number of hydrogen-bond donors (Lipinski definition) is 2. The molecule has 0 atom stereocenters. The summed E-state index contributed by atoms with van der Waals surface area (Å²) in [6, 6.07) is 11.3. The van der Waals surface area contributed by atoms with Crippen LogP contribution in [0.3, 0.4) is 0 Å². The molecule has 0 bridgehead atoms. The van der Waals surface area contributed by atoms with Crippen LogP contribution in [0.15, 0.2) is 42.5 Å². The number of nitrogen functional groups attached to an aromatic ring is 1. The first kappa shape index (κ1) is 13.4. The van der Waals surface area contributed by atoms with Gasteiger partial charge < -0.3 is 10.6 Å². The minimum absolute atomic E-state index is 0.0297. The van der Waals surface area contributed by atoms with Gasteiger partial charge in [-0.05, 0) is 42.5 Å². The lowest BCUT2D eigenvalue weighted by atomic mass is 10.1. The molecular formula is C14H13ClFN3. The lowest BCUT2D eigenvalue weighted by Crippen LogP contribution is -2.13. The molecule has 0 aliphatic carbocycles. The molecule has 3 N–H and O–H groups in total. The van der Waals surface area contributed by atoms with Crippen molar-refractivity contribution in [3.63, 3.8) is 0 Å². The Morgan fingerprint density at radius 2 is 1.84 bits per heavy atom. The second-order valence-electron chi connectivity index (χ2n) is 4.12. The van der Waals surface area contributed by atoms with Crippen molar-refractivity contribution >= 4 is 28.8 Å². The number of nitrogens with two attached hydrogens (primary N) is 1. The van der Waals surface area contributed by atoms with E-state index < -0.39 is 0 Å². The van der Waals surface area contributed by atoms with Gasteiger partial charge in [0.25, 0.3) is 0 Å². The smallest absolute Gasteiger partial charge is 0.123 e. The van der Waals surface area contributed by atoms with Crippen molar-refractivity contribution in [3.8, 4) is 0 Å². The summed E-state index contributed by atoms with van der Waals surface area (Å²) in [5, 5.41) is 7.85. The van der Waals surface area contributed by atoms with Crippen LogP contribution in [0.5, 0.6) is 0 Å². The molecule has 2 rings (SSSR count). The Bertz CT molecular complexity index is 611. The Labute approximate surface area is 115 Å². The van der Waals surface area contributed by atoms with Gasteiger partial charge in [0.05, 0.1) is 10.7 Å². The molecule has 0 saturated heterocycles. The van der Waals surface area contributed by atoms with Gasteiger partial charge in [-0.3, -0.25) is 5.41 Å².